The first kappa shape index (κ1) is 15.0. The van der Waals surface area contributed by atoms with Crippen molar-refractivity contribution in [3.63, 3.8) is 0 Å². The summed E-state index contributed by atoms with van der Waals surface area (Å²) in [5.74, 6) is -0.307. The molecule has 0 unspecified atom stereocenters. The number of nitrogens with zero attached hydrogens (tertiary/aromatic N) is 1. The Bertz CT molecular complexity index is 613. The molecule has 106 valence electrons. The summed E-state index contributed by atoms with van der Waals surface area (Å²) in [6.45, 7) is 4.88. The van der Waals surface area contributed by atoms with Crippen molar-refractivity contribution in [2.24, 2.45) is 0 Å². The van der Waals surface area contributed by atoms with E-state index in [9.17, 15) is 4.79 Å². The lowest BCUT2D eigenvalue weighted by Crippen LogP contribution is -2.05. The fourth-order valence-corrected chi connectivity index (χ4v) is 2.91. The Hall–Kier alpha value is -1.40. The molecule has 4 nitrogen and oxygen atoms in total. The van der Waals surface area contributed by atoms with Crippen LogP contribution in [0.3, 0.4) is 0 Å². The number of carbonyl (C=O) groups is 1. The molecule has 2 aromatic rings. The molecule has 0 aliphatic heterocycles. The molecule has 0 fully saturated rings. The molecule has 1 aromatic heterocycles. The third-order valence-corrected chi connectivity index (χ3v) is 4.36. The Morgan fingerprint density at radius 2 is 2.30 bits per heavy atom. The third-order valence-electron chi connectivity index (χ3n) is 2.76. The zero-order valence-electron chi connectivity index (χ0n) is 11.3. The SMILES string of the molecule is CCOC(=O)c1ccc(NCc2scnc2C)c(Br)c1. The van der Waals surface area contributed by atoms with Crippen LogP contribution < -0.4 is 5.32 Å². The largest absolute Gasteiger partial charge is 0.462 e. The van der Waals surface area contributed by atoms with Crippen LogP contribution in [0.5, 0.6) is 0 Å². The standard InChI is InChI=1S/C14H15BrN2O2S/c1-3-19-14(18)10-4-5-12(11(15)6-10)16-7-13-9(2)17-8-20-13/h4-6,8,16H,3,7H2,1-2H3. The maximum absolute atomic E-state index is 11.6. The molecule has 2 rings (SSSR count). The van der Waals surface area contributed by atoms with Gasteiger partial charge in [-0.15, -0.1) is 11.3 Å². The summed E-state index contributed by atoms with van der Waals surface area (Å²) in [5.41, 5.74) is 4.36. The van der Waals surface area contributed by atoms with Crippen LogP contribution in [-0.2, 0) is 11.3 Å². The zero-order valence-corrected chi connectivity index (χ0v) is 13.7. The van der Waals surface area contributed by atoms with Crippen molar-refractivity contribution in [1.29, 1.82) is 0 Å². The highest BCUT2D eigenvalue weighted by Gasteiger charge is 2.09. The lowest BCUT2D eigenvalue weighted by Gasteiger charge is -2.09. The maximum Gasteiger partial charge on any atom is 0.338 e. The van der Waals surface area contributed by atoms with E-state index >= 15 is 0 Å². The quantitative estimate of drug-likeness (QED) is 0.824. The van der Waals surface area contributed by atoms with Gasteiger partial charge >= 0.3 is 5.97 Å². The van der Waals surface area contributed by atoms with Crippen molar-refractivity contribution in [1.82, 2.24) is 4.98 Å². The van der Waals surface area contributed by atoms with Gasteiger partial charge in [-0.3, -0.25) is 0 Å². The number of hydrogen-bond donors (Lipinski definition) is 1. The van der Waals surface area contributed by atoms with Gasteiger partial charge in [0.2, 0.25) is 0 Å². The number of aromatic nitrogens is 1. The van der Waals surface area contributed by atoms with Crippen molar-refractivity contribution in [2.45, 2.75) is 20.4 Å². The number of nitrogens with one attached hydrogen (secondary N) is 1. The topological polar surface area (TPSA) is 51.2 Å². The van der Waals surface area contributed by atoms with E-state index in [0.717, 1.165) is 15.9 Å². The lowest BCUT2D eigenvalue weighted by atomic mass is 10.2. The van der Waals surface area contributed by atoms with Gasteiger partial charge in [0, 0.05) is 15.0 Å². The van der Waals surface area contributed by atoms with Crippen molar-refractivity contribution in [3.05, 3.63) is 44.3 Å². The van der Waals surface area contributed by atoms with E-state index in [4.69, 9.17) is 4.74 Å². The van der Waals surface area contributed by atoms with E-state index < -0.39 is 0 Å². The molecular weight excluding hydrogens is 340 g/mol. The summed E-state index contributed by atoms with van der Waals surface area (Å²) < 4.78 is 5.81. The van der Waals surface area contributed by atoms with Gasteiger partial charge in [0.1, 0.15) is 0 Å². The van der Waals surface area contributed by atoms with Crippen LogP contribution in [0.25, 0.3) is 0 Å². The number of esters is 1. The van der Waals surface area contributed by atoms with E-state index in [1.165, 1.54) is 4.88 Å². The van der Waals surface area contributed by atoms with Gasteiger partial charge in [-0.05, 0) is 48.0 Å². The van der Waals surface area contributed by atoms with Crippen LogP contribution in [0.4, 0.5) is 5.69 Å². The zero-order chi connectivity index (χ0) is 14.5. The molecule has 6 heteroatoms. The number of anilines is 1. The van der Waals surface area contributed by atoms with Crippen LogP contribution in [0.1, 0.15) is 27.9 Å². The molecular formula is C14H15BrN2O2S. The molecule has 0 atom stereocenters. The molecule has 0 aliphatic carbocycles. The van der Waals surface area contributed by atoms with Crippen LogP contribution in [0.15, 0.2) is 28.2 Å². The Morgan fingerprint density at radius 1 is 1.50 bits per heavy atom. The Labute approximate surface area is 130 Å². The highest BCUT2D eigenvalue weighted by molar-refractivity contribution is 9.10. The number of thiazole rings is 1. The van der Waals surface area contributed by atoms with E-state index in [1.807, 2.05) is 18.5 Å². The summed E-state index contributed by atoms with van der Waals surface area (Å²) in [4.78, 5) is 17.0. The molecule has 0 saturated heterocycles. The minimum Gasteiger partial charge on any atom is -0.462 e. The predicted octanol–water partition coefficient (Wildman–Crippen LogP) is 4.00. The Kier molecular flexibility index (Phi) is 5.14. The molecule has 1 aromatic carbocycles. The molecule has 0 aliphatic rings. The van der Waals surface area contributed by atoms with Crippen LogP contribution in [-0.4, -0.2) is 17.6 Å². The first-order valence-electron chi connectivity index (χ1n) is 6.21. The summed E-state index contributed by atoms with van der Waals surface area (Å²) in [7, 11) is 0. The first-order chi connectivity index (χ1) is 9.61. The van der Waals surface area contributed by atoms with E-state index in [-0.39, 0.29) is 5.97 Å². The molecule has 1 heterocycles. The number of benzene rings is 1. The Morgan fingerprint density at radius 3 is 2.90 bits per heavy atom. The summed E-state index contributed by atoms with van der Waals surface area (Å²) in [5, 5.41) is 3.33. The van der Waals surface area contributed by atoms with E-state index in [2.05, 4.69) is 26.2 Å². The number of rotatable bonds is 5. The monoisotopic (exact) mass is 354 g/mol. The number of aryl methyl sites for hydroxylation is 1. The number of halogens is 1. The van der Waals surface area contributed by atoms with Gasteiger partial charge in [-0.2, -0.15) is 0 Å². The second-order valence-electron chi connectivity index (χ2n) is 4.13. The third kappa shape index (κ3) is 3.58. The number of carbonyl (C=O) groups excluding carboxylic acids is 1. The van der Waals surface area contributed by atoms with Gasteiger partial charge < -0.3 is 10.1 Å². The van der Waals surface area contributed by atoms with Crippen LogP contribution >= 0.6 is 27.3 Å². The lowest BCUT2D eigenvalue weighted by molar-refractivity contribution is 0.0526. The van der Waals surface area contributed by atoms with Crippen LogP contribution in [0.2, 0.25) is 0 Å². The van der Waals surface area contributed by atoms with Crippen molar-refractivity contribution in [3.8, 4) is 0 Å². The Balaban J connectivity index is 2.06. The fraction of sp³-hybridized carbons (Fsp3) is 0.286. The maximum atomic E-state index is 11.6. The van der Waals surface area contributed by atoms with E-state index in [1.54, 1.807) is 30.4 Å². The molecule has 0 saturated carbocycles. The molecule has 0 amide bonds. The van der Waals surface area contributed by atoms with Crippen molar-refractivity contribution < 1.29 is 9.53 Å². The smallest absolute Gasteiger partial charge is 0.338 e. The van der Waals surface area contributed by atoms with Gasteiger partial charge in [0.05, 0.1) is 29.9 Å². The molecule has 0 bridgehead atoms. The number of ether oxygens (including phenoxy) is 1. The summed E-state index contributed by atoms with van der Waals surface area (Å²) >= 11 is 5.09. The van der Waals surface area contributed by atoms with Crippen LogP contribution in [0, 0.1) is 6.92 Å². The average Bonchev–Trinajstić information content (AvgIpc) is 2.83. The second-order valence-corrected chi connectivity index (χ2v) is 5.92. The first-order valence-corrected chi connectivity index (χ1v) is 7.88. The predicted molar refractivity (Wildman–Crippen MR) is 84.3 cm³/mol. The molecule has 0 radical (unpaired) electrons. The minimum atomic E-state index is -0.307. The molecule has 20 heavy (non-hydrogen) atoms. The normalized spacial score (nSPS) is 10.3. The van der Waals surface area contributed by atoms with Gasteiger partial charge in [-0.25, -0.2) is 9.78 Å². The van der Waals surface area contributed by atoms with Gasteiger partial charge in [0.15, 0.2) is 0 Å². The fourth-order valence-electron chi connectivity index (χ4n) is 1.67. The second kappa shape index (κ2) is 6.85. The summed E-state index contributed by atoms with van der Waals surface area (Å²) in [6.07, 6.45) is 0. The summed E-state index contributed by atoms with van der Waals surface area (Å²) in [6, 6.07) is 5.39. The average molecular weight is 355 g/mol. The van der Waals surface area contributed by atoms with E-state index in [0.29, 0.717) is 18.7 Å². The molecule has 1 N–H and O–H groups in total. The number of hydrogen-bond acceptors (Lipinski definition) is 5. The minimum absolute atomic E-state index is 0.307. The van der Waals surface area contributed by atoms with Crippen molar-refractivity contribution >= 4 is 38.9 Å². The van der Waals surface area contributed by atoms with Crippen molar-refractivity contribution in [2.75, 3.05) is 11.9 Å². The highest BCUT2D eigenvalue weighted by Crippen LogP contribution is 2.25. The van der Waals surface area contributed by atoms with Gasteiger partial charge in [0.25, 0.3) is 0 Å². The highest BCUT2D eigenvalue weighted by atomic mass is 79.9. The molecule has 0 spiro atoms. The van der Waals surface area contributed by atoms with Gasteiger partial charge in [-0.1, -0.05) is 0 Å².